The van der Waals surface area contributed by atoms with Gasteiger partial charge in [-0.15, -0.1) is 0 Å². The van der Waals surface area contributed by atoms with Crippen molar-refractivity contribution in [2.75, 3.05) is 7.11 Å². The SMILES string of the molecule is CCc1ccc(/C(C#N)=C\c2ccc(OC)cc2)cc1. The summed E-state index contributed by atoms with van der Waals surface area (Å²) in [6, 6.07) is 18.0. The van der Waals surface area contributed by atoms with Gasteiger partial charge in [-0.1, -0.05) is 43.3 Å². The maximum absolute atomic E-state index is 9.33. The zero-order valence-electron chi connectivity index (χ0n) is 11.8. The standard InChI is InChI=1S/C18H17NO/c1-3-14-4-8-16(9-5-14)17(13-19)12-15-6-10-18(20-2)11-7-15/h4-12H,3H2,1-2H3/b17-12-. The summed E-state index contributed by atoms with van der Waals surface area (Å²) in [6.45, 7) is 2.12. The highest BCUT2D eigenvalue weighted by Gasteiger charge is 2.01. The fourth-order valence-corrected chi connectivity index (χ4v) is 1.97. The van der Waals surface area contributed by atoms with E-state index in [0.29, 0.717) is 5.57 Å². The lowest BCUT2D eigenvalue weighted by Crippen LogP contribution is -1.85. The lowest BCUT2D eigenvalue weighted by Gasteiger charge is -2.03. The predicted molar refractivity (Wildman–Crippen MR) is 82.3 cm³/mol. The van der Waals surface area contributed by atoms with E-state index in [9.17, 15) is 5.26 Å². The molecule has 0 heterocycles. The van der Waals surface area contributed by atoms with Crippen LogP contribution in [0.5, 0.6) is 5.75 Å². The number of ether oxygens (including phenoxy) is 1. The second-order valence-electron chi connectivity index (χ2n) is 4.49. The molecule has 0 aliphatic heterocycles. The van der Waals surface area contributed by atoms with Gasteiger partial charge in [0.15, 0.2) is 0 Å². The number of nitriles is 1. The molecule has 0 atom stereocenters. The first-order chi connectivity index (χ1) is 9.76. The van der Waals surface area contributed by atoms with Gasteiger partial charge >= 0.3 is 0 Å². The zero-order chi connectivity index (χ0) is 14.4. The Morgan fingerprint density at radius 1 is 1.10 bits per heavy atom. The molecular formula is C18H17NO. The average Bonchev–Trinajstić information content (AvgIpc) is 2.53. The summed E-state index contributed by atoms with van der Waals surface area (Å²) >= 11 is 0. The quantitative estimate of drug-likeness (QED) is 0.608. The molecule has 0 radical (unpaired) electrons. The van der Waals surface area contributed by atoms with Crippen molar-refractivity contribution in [3.8, 4) is 11.8 Å². The Morgan fingerprint density at radius 3 is 2.25 bits per heavy atom. The van der Waals surface area contributed by atoms with Gasteiger partial charge in [-0.2, -0.15) is 5.26 Å². The van der Waals surface area contributed by atoms with Crippen LogP contribution in [0, 0.1) is 11.3 Å². The van der Waals surface area contributed by atoms with Crippen molar-refractivity contribution in [3.05, 3.63) is 65.2 Å². The van der Waals surface area contributed by atoms with Crippen LogP contribution in [-0.4, -0.2) is 7.11 Å². The van der Waals surface area contributed by atoms with Gasteiger partial charge in [0.2, 0.25) is 0 Å². The van der Waals surface area contributed by atoms with Crippen molar-refractivity contribution in [1.82, 2.24) is 0 Å². The van der Waals surface area contributed by atoms with Gasteiger partial charge in [-0.25, -0.2) is 0 Å². The van der Waals surface area contributed by atoms with E-state index in [2.05, 4.69) is 25.1 Å². The average molecular weight is 263 g/mol. The Hall–Kier alpha value is -2.53. The molecule has 2 aromatic rings. The lowest BCUT2D eigenvalue weighted by molar-refractivity contribution is 0.415. The Balaban J connectivity index is 2.30. The van der Waals surface area contributed by atoms with E-state index >= 15 is 0 Å². The third kappa shape index (κ3) is 3.27. The highest BCUT2D eigenvalue weighted by Crippen LogP contribution is 2.20. The Bertz CT molecular complexity index is 631. The second-order valence-corrected chi connectivity index (χ2v) is 4.49. The first-order valence-corrected chi connectivity index (χ1v) is 6.62. The van der Waals surface area contributed by atoms with Gasteiger partial charge in [0.1, 0.15) is 5.75 Å². The minimum atomic E-state index is 0.665. The molecule has 0 aliphatic carbocycles. The van der Waals surface area contributed by atoms with Crippen LogP contribution >= 0.6 is 0 Å². The highest BCUT2D eigenvalue weighted by atomic mass is 16.5. The molecule has 2 rings (SSSR count). The van der Waals surface area contributed by atoms with Crippen LogP contribution in [-0.2, 0) is 6.42 Å². The molecule has 0 bridgehead atoms. The molecule has 20 heavy (non-hydrogen) atoms. The molecular weight excluding hydrogens is 246 g/mol. The summed E-state index contributed by atoms with van der Waals surface area (Å²) in [6.07, 6.45) is 2.89. The number of benzene rings is 2. The molecule has 0 amide bonds. The highest BCUT2D eigenvalue weighted by molar-refractivity contribution is 5.89. The van der Waals surface area contributed by atoms with E-state index in [0.717, 1.165) is 23.3 Å². The van der Waals surface area contributed by atoms with Crippen LogP contribution in [0.15, 0.2) is 48.5 Å². The van der Waals surface area contributed by atoms with Gasteiger partial charge in [-0.05, 0) is 41.3 Å². The summed E-state index contributed by atoms with van der Waals surface area (Å²) in [5.41, 5.74) is 3.87. The predicted octanol–water partition coefficient (Wildman–Crippen LogP) is 4.32. The normalized spacial score (nSPS) is 10.9. The van der Waals surface area contributed by atoms with Gasteiger partial charge in [-0.3, -0.25) is 0 Å². The van der Waals surface area contributed by atoms with Crippen molar-refractivity contribution < 1.29 is 4.74 Å². The molecule has 0 saturated heterocycles. The molecule has 0 spiro atoms. The van der Waals surface area contributed by atoms with Crippen molar-refractivity contribution in [1.29, 1.82) is 5.26 Å². The van der Waals surface area contributed by atoms with E-state index < -0.39 is 0 Å². The number of nitrogens with zero attached hydrogens (tertiary/aromatic N) is 1. The second kappa shape index (κ2) is 6.58. The van der Waals surface area contributed by atoms with Gasteiger partial charge < -0.3 is 4.74 Å². The fraction of sp³-hybridized carbons (Fsp3) is 0.167. The van der Waals surface area contributed by atoms with Crippen LogP contribution in [0.2, 0.25) is 0 Å². The fourth-order valence-electron chi connectivity index (χ4n) is 1.97. The molecule has 0 fully saturated rings. The Morgan fingerprint density at radius 2 is 1.75 bits per heavy atom. The van der Waals surface area contributed by atoms with E-state index in [4.69, 9.17) is 4.74 Å². The zero-order valence-corrected chi connectivity index (χ0v) is 11.8. The minimum Gasteiger partial charge on any atom is -0.497 e. The number of rotatable bonds is 4. The summed E-state index contributed by atoms with van der Waals surface area (Å²) in [5.74, 6) is 0.813. The number of hydrogen-bond donors (Lipinski definition) is 0. The van der Waals surface area contributed by atoms with Gasteiger partial charge in [0.25, 0.3) is 0 Å². The van der Waals surface area contributed by atoms with Crippen LogP contribution in [0.3, 0.4) is 0 Å². The van der Waals surface area contributed by atoms with Crippen molar-refractivity contribution >= 4 is 11.6 Å². The number of methoxy groups -OCH3 is 1. The summed E-state index contributed by atoms with van der Waals surface area (Å²) < 4.78 is 5.12. The number of aryl methyl sites for hydroxylation is 1. The van der Waals surface area contributed by atoms with Crippen LogP contribution in [0.25, 0.3) is 11.6 Å². The van der Waals surface area contributed by atoms with Gasteiger partial charge in [0.05, 0.1) is 18.8 Å². The molecule has 0 aliphatic rings. The summed E-state index contributed by atoms with van der Waals surface area (Å²) in [5, 5.41) is 9.33. The number of allylic oxidation sites excluding steroid dienone is 1. The Labute approximate surface area is 119 Å². The van der Waals surface area contributed by atoms with E-state index in [-0.39, 0.29) is 0 Å². The van der Waals surface area contributed by atoms with Crippen molar-refractivity contribution in [2.24, 2.45) is 0 Å². The van der Waals surface area contributed by atoms with E-state index in [1.54, 1.807) is 7.11 Å². The third-order valence-electron chi connectivity index (χ3n) is 3.22. The maximum Gasteiger partial charge on any atom is 0.118 e. The lowest BCUT2D eigenvalue weighted by atomic mass is 10.0. The first kappa shape index (κ1) is 13.9. The van der Waals surface area contributed by atoms with Crippen LogP contribution in [0.1, 0.15) is 23.6 Å². The third-order valence-corrected chi connectivity index (χ3v) is 3.22. The monoisotopic (exact) mass is 263 g/mol. The maximum atomic E-state index is 9.33. The first-order valence-electron chi connectivity index (χ1n) is 6.62. The molecule has 0 aromatic heterocycles. The van der Waals surface area contributed by atoms with Crippen LogP contribution in [0.4, 0.5) is 0 Å². The van der Waals surface area contributed by atoms with Crippen molar-refractivity contribution in [2.45, 2.75) is 13.3 Å². The largest absolute Gasteiger partial charge is 0.497 e. The number of hydrogen-bond acceptors (Lipinski definition) is 2. The van der Waals surface area contributed by atoms with Crippen LogP contribution < -0.4 is 4.74 Å². The molecule has 2 aromatic carbocycles. The Kier molecular flexibility index (Phi) is 4.57. The minimum absolute atomic E-state index is 0.665. The summed E-state index contributed by atoms with van der Waals surface area (Å²) in [7, 11) is 1.64. The summed E-state index contributed by atoms with van der Waals surface area (Å²) in [4.78, 5) is 0. The van der Waals surface area contributed by atoms with E-state index in [1.165, 1.54) is 5.56 Å². The smallest absolute Gasteiger partial charge is 0.118 e. The molecule has 0 unspecified atom stereocenters. The topological polar surface area (TPSA) is 33.0 Å². The van der Waals surface area contributed by atoms with Gasteiger partial charge in [0, 0.05) is 0 Å². The van der Waals surface area contributed by atoms with Crippen molar-refractivity contribution in [3.63, 3.8) is 0 Å². The molecule has 2 heteroatoms. The molecule has 100 valence electrons. The molecule has 0 N–H and O–H groups in total. The van der Waals surface area contributed by atoms with E-state index in [1.807, 2.05) is 42.5 Å². The molecule has 0 saturated carbocycles. The molecule has 2 nitrogen and oxygen atoms in total.